The van der Waals surface area contributed by atoms with Gasteiger partial charge in [-0.1, -0.05) is 64.3 Å². The van der Waals surface area contributed by atoms with Gasteiger partial charge in [-0.25, -0.2) is 0 Å². The molecule has 0 radical (unpaired) electrons. The molecule has 0 spiro atoms. The van der Waals surface area contributed by atoms with Crippen molar-refractivity contribution in [2.75, 3.05) is 0 Å². The molecule has 0 heterocycles. The van der Waals surface area contributed by atoms with Crippen LogP contribution in [0.2, 0.25) is 0 Å². The first-order valence-corrected chi connectivity index (χ1v) is 7.88. The first-order valence-electron chi connectivity index (χ1n) is 7.88. The van der Waals surface area contributed by atoms with Crippen molar-refractivity contribution in [3.63, 3.8) is 0 Å². The summed E-state index contributed by atoms with van der Waals surface area (Å²) in [4.78, 5) is 0. The predicted molar refractivity (Wildman–Crippen MR) is 81.1 cm³/mol. The van der Waals surface area contributed by atoms with Gasteiger partial charge in [0.25, 0.3) is 0 Å². The molecule has 1 nitrogen and oxygen atoms in total. The van der Waals surface area contributed by atoms with Crippen LogP contribution in [0.3, 0.4) is 0 Å². The third-order valence-corrected chi connectivity index (χ3v) is 4.60. The summed E-state index contributed by atoms with van der Waals surface area (Å²) in [5.74, 6) is 1.09. The fourth-order valence-corrected chi connectivity index (χ4v) is 3.59. The van der Waals surface area contributed by atoms with Crippen molar-refractivity contribution >= 4 is 0 Å². The molecular formula is C18H28O. The Bertz CT molecular complexity index is 410. The number of hydrogen-bond acceptors (Lipinski definition) is 1. The van der Waals surface area contributed by atoms with E-state index in [1.165, 1.54) is 18.4 Å². The van der Waals surface area contributed by atoms with Crippen molar-refractivity contribution in [3.8, 4) is 0 Å². The molecule has 0 aromatic heterocycles. The molecule has 1 fully saturated rings. The van der Waals surface area contributed by atoms with Gasteiger partial charge in [0.2, 0.25) is 0 Å². The van der Waals surface area contributed by atoms with Crippen molar-refractivity contribution in [1.29, 1.82) is 0 Å². The van der Waals surface area contributed by atoms with Crippen molar-refractivity contribution in [2.24, 2.45) is 11.8 Å². The molecule has 1 aromatic carbocycles. The van der Waals surface area contributed by atoms with E-state index in [-0.39, 0.29) is 0 Å². The van der Waals surface area contributed by atoms with Gasteiger partial charge in [0.05, 0.1) is 5.60 Å². The summed E-state index contributed by atoms with van der Waals surface area (Å²) in [5, 5.41) is 11.2. The molecule has 0 bridgehead atoms. The van der Waals surface area contributed by atoms with Crippen LogP contribution < -0.4 is 0 Å². The summed E-state index contributed by atoms with van der Waals surface area (Å²) in [6.07, 6.45) is 6.69. The minimum Gasteiger partial charge on any atom is -0.385 e. The summed E-state index contributed by atoms with van der Waals surface area (Å²) in [6.45, 7) is 6.70. The average Bonchev–Trinajstić information content (AvgIpc) is 2.39. The van der Waals surface area contributed by atoms with Gasteiger partial charge in [0.1, 0.15) is 0 Å². The van der Waals surface area contributed by atoms with E-state index in [9.17, 15) is 5.11 Å². The van der Waals surface area contributed by atoms with Crippen LogP contribution in [0.4, 0.5) is 0 Å². The van der Waals surface area contributed by atoms with E-state index in [0.717, 1.165) is 31.2 Å². The van der Waals surface area contributed by atoms with Crippen LogP contribution in [0.15, 0.2) is 24.3 Å². The molecule has 1 aliphatic rings. The van der Waals surface area contributed by atoms with E-state index in [2.05, 4.69) is 45.0 Å². The average molecular weight is 260 g/mol. The highest BCUT2D eigenvalue weighted by molar-refractivity contribution is 5.29. The van der Waals surface area contributed by atoms with E-state index < -0.39 is 5.60 Å². The Labute approximate surface area is 118 Å². The lowest BCUT2D eigenvalue weighted by atomic mass is 9.70. The Kier molecular flexibility index (Phi) is 4.67. The maximum atomic E-state index is 11.2. The fourth-order valence-electron chi connectivity index (χ4n) is 3.59. The smallest absolute Gasteiger partial charge is 0.0924 e. The van der Waals surface area contributed by atoms with Crippen LogP contribution >= 0.6 is 0 Å². The molecular weight excluding hydrogens is 232 g/mol. The van der Waals surface area contributed by atoms with Crippen LogP contribution in [0.25, 0.3) is 0 Å². The van der Waals surface area contributed by atoms with Gasteiger partial charge in [0, 0.05) is 0 Å². The quantitative estimate of drug-likeness (QED) is 0.834. The topological polar surface area (TPSA) is 20.2 Å². The van der Waals surface area contributed by atoms with Gasteiger partial charge in [0.15, 0.2) is 0 Å². The predicted octanol–water partition coefficient (Wildman–Crippen LogP) is 4.67. The van der Waals surface area contributed by atoms with E-state index in [1.54, 1.807) is 0 Å². The second-order valence-corrected chi connectivity index (χ2v) is 6.57. The fraction of sp³-hybridized carbons (Fsp3) is 0.667. The summed E-state index contributed by atoms with van der Waals surface area (Å²) in [7, 11) is 0. The standard InChI is InChI=1S/C18H28O/c1-4-16-9-5-6-11-18(16,19)17-10-7-8-15(13-17)12-14(2)3/h7-8,10,13-14,16,19H,4-6,9,11-12H2,1-3H3. The summed E-state index contributed by atoms with van der Waals surface area (Å²) in [5.41, 5.74) is 1.93. The third-order valence-electron chi connectivity index (χ3n) is 4.60. The molecule has 2 atom stereocenters. The Morgan fingerprint density at radius 2 is 2.11 bits per heavy atom. The Morgan fingerprint density at radius 3 is 2.79 bits per heavy atom. The molecule has 106 valence electrons. The molecule has 0 aliphatic heterocycles. The Hall–Kier alpha value is -0.820. The lowest BCUT2D eigenvalue weighted by molar-refractivity contribution is -0.0558. The number of rotatable bonds is 4. The van der Waals surface area contributed by atoms with Gasteiger partial charge in [-0.2, -0.15) is 0 Å². The molecule has 2 unspecified atom stereocenters. The molecule has 19 heavy (non-hydrogen) atoms. The summed E-state index contributed by atoms with van der Waals surface area (Å²) in [6, 6.07) is 8.68. The highest BCUT2D eigenvalue weighted by atomic mass is 16.3. The van der Waals surface area contributed by atoms with Gasteiger partial charge in [-0.3, -0.25) is 0 Å². The highest BCUT2D eigenvalue weighted by Crippen LogP contribution is 2.43. The van der Waals surface area contributed by atoms with Crippen LogP contribution in [-0.4, -0.2) is 5.11 Å². The van der Waals surface area contributed by atoms with Gasteiger partial charge in [-0.05, 0) is 42.2 Å². The SMILES string of the molecule is CCC1CCCCC1(O)c1cccc(CC(C)C)c1. The zero-order valence-electron chi connectivity index (χ0n) is 12.7. The largest absolute Gasteiger partial charge is 0.385 e. The number of aliphatic hydroxyl groups is 1. The molecule has 0 saturated heterocycles. The monoisotopic (exact) mass is 260 g/mol. The molecule has 0 amide bonds. The maximum Gasteiger partial charge on any atom is 0.0924 e. The zero-order chi connectivity index (χ0) is 13.9. The lowest BCUT2D eigenvalue weighted by Gasteiger charge is -2.40. The normalized spacial score (nSPS) is 27.7. The zero-order valence-corrected chi connectivity index (χ0v) is 12.7. The van der Waals surface area contributed by atoms with Crippen molar-refractivity contribution in [2.45, 2.75) is 64.9 Å². The molecule has 1 saturated carbocycles. The van der Waals surface area contributed by atoms with Crippen molar-refractivity contribution in [1.82, 2.24) is 0 Å². The van der Waals surface area contributed by atoms with Crippen molar-refractivity contribution in [3.05, 3.63) is 35.4 Å². The lowest BCUT2D eigenvalue weighted by Crippen LogP contribution is -2.37. The van der Waals surface area contributed by atoms with E-state index in [0.29, 0.717) is 11.8 Å². The minimum absolute atomic E-state index is 0.426. The van der Waals surface area contributed by atoms with E-state index in [1.807, 2.05) is 0 Å². The van der Waals surface area contributed by atoms with Crippen LogP contribution in [0.1, 0.15) is 64.0 Å². The van der Waals surface area contributed by atoms with Crippen LogP contribution in [0.5, 0.6) is 0 Å². The van der Waals surface area contributed by atoms with Gasteiger partial charge >= 0.3 is 0 Å². The van der Waals surface area contributed by atoms with E-state index >= 15 is 0 Å². The molecule has 1 aliphatic carbocycles. The van der Waals surface area contributed by atoms with E-state index in [4.69, 9.17) is 0 Å². The highest BCUT2D eigenvalue weighted by Gasteiger charge is 2.39. The van der Waals surface area contributed by atoms with Gasteiger partial charge < -0.3 is 5.11 Å². The summed E-state index contributed by atoms with van der Waals surface area (Å²) < 4.78 is 0. The van der Waals surface area contributed by atoms with Gasteiger partial charge in [-0.15, -0.1) is 0 Å². The Morgan fingerprint density at radius 1 is 1.32 bits per heavy atom. The molecule has 2 rings (SSSR count). The summed E-state index contributed by atoms with van der Waals surface area (Å²) >= 11 is 0. The number of hydrogen-bond donors (Lipinski definition) is 1. The third kappa shape index (κ3) is 3.20. The Balaban J connectivity index is 2.28. The molecule has 1 aromatic rings. The minimum atomic E-state index is -0.583. The van der Waals surface area contributed by atoms with Crippen molar-refractivity contribution < 1.29 is 5.11 Å². The van der Waals surface area contributed by atoms with Crippen LogP contribution in [0, 0.1) is 11.8 Å². The second kappa shape index (κ2) is 6.09. The first-order chi connectivity index (χ1) is 9.06. The van der Waals surface area contributed by atoms with Crippen LogP contribution in [-0.2, 0) is 12.0 Å². The molecule has 1 heteroatoms. The number of benzene rings is 1. The first kappa shape index (κ1) is 14.6. The molecule has 1 N–H and O–H groups in total. The second-order valence-electron chi connectivity index (χ2n) is 6.57. The maximum absolute atomic E-state index is 11.2.